The number of halogens is 1. The molecular weight excluding hydrogens is 251 g/mol. The Bertz CT molecular complexity index is 597. The second kappa shape index (κ2) is 5.25. The van der Waals surface area contributed by atoms with Crippen molar-refractivity contribution in [1.82, 2.24) is 0 Å². The summed E-state index contributed by atoms with van der Waals surface area (Å²) in [6.45, 7) is 3.49. The maximum atomic E-state index is 14.3. The summed E-state index contributed by atoms with van der Waals surface area (Å²) in [7, 11) is 0. The molecule has 1 aliphatic heterocycles. The van der Waals surface area contributed by atoms with Crippen molar-refractivity contribution >= 4 is 5.69 Å². The van der Waals surface area contributed by atoms with E-state index in [9.17, 15) is 4.39 Å². The van der Waals surface area contributed by atoms with Crippen LogP contribution >= 0.6 is 0 Å². The average molecular weight is 270 g/mol. The van der Waals surface area contributed by atoms with Crippen LogP contribution in [-0.2, 0) is 19.5 Å². The first-order valence-electron chi connectivity index (χ1n) is 7.00. The molecule has 0 saturated carbocycles. The Labute approximate surface area is 119 Å². The molecular formula is C17H19FN2. The quantitative estimate of drug-likeness (QED) is 0.927. The van der Waals surface area contributed by atoms with Gasteiger partial charge in [-0.15, -0.1) is 0 Å². The Morgan fingerprint density at radius 1 is 1.10 bits per heavy atom. The summed E-state index contributed by atoms with van der Waals surface area (Å²) >= 11 is 0. The average Bonchev–Trinajstić information content (AvgIpc) is 2.81. The predicted molar refractivity (Wildman–Crippen MR) is 80.1 cm³/mol. The van der Waals surface area contributed by atoms with E-state index in [2.05, 4.69) is 17.0 Å². The maximum Gasteiger partial charge on any atom is 0.146 e. The van der Waals surface area contributed by atoms with Crippen molar-refractivity contribution in [3.63, 3.8) is 0 Å². The number of rotatable bonds is 3. The first-order valence-corrected chi connectivity index (χ1v) is 7.00. The molecule has 0 radical (unpaired) electrons. The smallest absolute Gasteiger partial charge is 0.146 e. The fraction of sp³-hybridized carbons (Fsp3) is 0.294. The fourth-order valence-electron chi connectivity index (χ4n) is 2.92. The third-order valence-electron chi connectivity index (χ3n) is 3.77. The van der Waals surface area contributed by atoms with Gasteiger partial charge in [0.05, 0.1) is 5.69 Å². The molecule has 2 aromatic rings. The van der Waals surface area contributed by atoms with Gasteiger partial charge in [0.25, 0.3) is 0 Å². The van der Waals surface area contributed by atoms with E-state index in [1.165, 1.54) is 17.2 Å². The molecule has 0 spiro atoms. The third-order valence-corrected chi connectivity index (χ3v) is 3.77. The molecule has 0 bridgehead atoms. The van der Waals surface area contributed by atoms with Gasteiger partial charge in [-0.2, -0.15) is 0 Å². The zero-order valence-corrected chi connectivity index (χ0v) is 11.6. The van der Waals surface area contributed by atoms with Gasteiger partial charge in [0, 0.05) is 19.1 Å². The molecule has 0 amide bonds. The topological polar surface area (TPSA) is 29.3 Å². The molecule has 2 aromatic carbocycles. The van der Waals surface area contributed by atoms with E-state index in [4.69, 9.17) is 5.73 Å². The molecule has 0 aliphatic carbocycles. The molecule has 0 fully saturated rings. The van der Waals surface area contributed by atoms with E-state index >= 15 is 0 Å². The first kappa shape index (κ1) is 13.1. The summed E-state index contributed by atoms with van der Waals surface area (Å²) in [5.41, 5.74) is 10.1. The lowest BCUT2D eigenvalue weighted by Gasteiger charge is -2.23. The fourth-order valence-corrected chi connectivity index (χ4v) is 2.92. The molecule has 2 nitrogen and oxygen atoms in total. The predicted octanol–water partition coefficient (Wildman–Crippen LogP) is 3.24. The number of para-hydroxylation sites is 1. The summed E-state index contributed by atoms with van der Waals surface area (Å²) in [6, 6.07) is 13.6. The Kier molecular flexibility index (Phi) is 3.45. The lowest BCUT2D eigenvalue weighted by atomic mass is 10.0. The Hall–Kier alpha value is -1.87. The van der Waals surface area contributed by atoms with E-state index in [1.807, 2.05) is 25.1 Å². The van der Waals surface area contributed by atoms with E-state index in [1.54, 1.807) is 6.07 Å². The lowest BCUT2D eigenvalue weighted by Crippen LogP contribution is -2.22. The van der Waals surface area contributed by atoms with Gasteiger partial charge in [-0.25, -0.2) is 4.39 Å². The van der Waals surface area contributed by atoms with Crippen molar-refractivity contribution in [1.29, 1.82) is 0 Å². The molecule has 3 rings (SSSR count). The van der Waals surface area contributed by atoms with Crippen LogP contribution in [0.4, 0.5) is 10.1 Å². The van der Waals surface area contributed by atoms with Gasteiger partial charge in [-0.3, -0.25) is 0 Å². The van der Waals surface area contributed by atoms with Crippen LogP contribution in [0, 0.1) is 5.82 Å². The van der Waals surface area contributed by atoms with E-state index in [0.29, 0.717) is 12.1 Å². The minimum absolute atomic E-state index is 0.0283. The van der Waals surface area contributed by atoms with Crippen LogP contribution in [0.2, 0.25) is 0 Å². The van der Waals surface area contributed by atoms with Crippen LogP contribution in [0.25, 0.3) is 0 Å². The van der Waals surface area contributed by atoms with Crippen molar-refractivity contribution in [3.8, 4) is 0 Å². The highest BCUT2D eigenvalue weighted by Crippen LogP contribution is 2.33. The SMILES string of the molecule is CC(N)Cc1cccc(F)c1N1Cc2ccccc2C1. The van der Waals surface area contributed by atoms with Crippen molar-refractivity contribution in [3.05, 3.63) is 65.0 Å². The number of anilines is 1. The number of hydrogen-bond acceptors (Lipinski definition) is 2. The highest BCUT2D eigenvalue weighted by molar-refractivity contribution is 5.58. The van der Waals surface area contributed by atoms with Gasteiger partial charge < -0.3 is 10.6 Å². The van der Waals surface area contributed by atoms with Crippen molar-refractivity contribution in [2.75, 3.05) is 4.90 Å². The number of hydrogen-bond donors (Lipinski definition) is 1. The summed E-state index contributed by atoms with van der Waals surface area (Å²) in [5, 5.41) is 0. The van der Waals surface area contributed by atoms with Crippen LogP contribution in [-0.4, -0.2) is 6.04 Å². The van der Waals surface area contributed by atoms with Crippen LogP contribution in [0.15, 0.2) is 42.5 Å². The maximum absolute atomic E-state index is 14.3. The van der Waals surface area contributed by atoms with E-state index in [0.717, 1.165) is 18.7 Å². The molecule has 2 N–H and O–H groups in total. The third kappa shape index (κ3) is 2.41. The molecule has 1 atom stereocenters. The highest BCUT2D eigenvalue weighted by atomic mass is 19.1. The molecule has 0 saturated heterocycles. The largest absolute Gasteiger partial charge is 0.360 e. The zero-order valence-electron chi connectivity index (χ0n) is 11.6. The van der Waals surface area contributed by atoms with Crippen molar-refractivity contribution in [2.45, 2.75) is 32.5 Å². The summed E-state index contributed by atoms with van der Waals surface area (Å²) in [4.78, 5) is 2.11. The van der Waals surface area contributed by atoms with Gasteiger partial charge in [0.2, 0.25) is 0 Å². The molecule has 3 heteroatoms. The van der Waals surface area contributed by atoms with Crippen molar-refractivity contribution in [2.24, 2.45) is 5.73 Å². The minimum Gasteiger partial charge on any atom is -0.360 e. The molecule has 1 aliphatic rings. The van der Waals surface area contributed by atoms with Gasteiger partial charge in [-0.05, 0) is 36.1 Å². The van der Waals surface area contributed by atoms with Crippen molar-refractivity contribution < 1.29 is 4.39 Å². The highest BCUT2D eigenvalue weighted by Gasteiger charge is 2.23. The number of fused-ring (bicyclic) bond motifs is 1. The Morgan fingerprint density at radius 2 is 1.75 bits per heavy atom. The van der Waals surface area contributed by atoms with Gasteiger partial charge in [0.15, 0.2) is 0 Å². The molecule has 1 unspecified atom stereocenters. The van der Waals surface area contributed by atoms with Crippen LogP contribution in [0.1, 0.15) is 23.6 Å². The Balaban J connectivity index is 1.96. The molecule has 1 heterocycles. The summed E-state index contributed by atoms with van der Waals surface area (Å²) in [6.07, 6.45) is 0.694. The lowest BCUT2D eigenvalue weighted by molar-refractivity contribution is 0.613. The monoisotopic (exact) mass is 270 g/mol. The molecule has 104 valence electrons. The molecule has 0 aromatic heterocycles. The second-order valence-electron chi connectivity index (χ2n) is 5.55. The standard InChI is InChI=1S/C17H19FN2/c1-12(19)9-13-7-4-8-16(18)17(13)20-10-14-5-2-3-6-15(14)11-20/h2-8,12H,9-11,19H2,1H3. The minimum atomic E-state index is -0.157. The van der Waals surface area contributed by atoms with E-state index in [-0.39, 0.29) is 11.9 Å². The van der Waals surface area contributed by atoms with Crippen LogP contribution < -0.4 is 10.6 Å². The van der Waals surface area contributed by atoms with Crippen LogP contribution in [0.3, 0.4) is 0 Å². The Morgan fingerprint density at radius 3 is 2.35 bits per heavy atom. The van der Waals surface area contributed by atoms with Gasteiger partial charge in [0.1, 0.15) is 5.82 Å². The number of benzene rings is 2. The van der Waals surface area contributed by atoms with Gasteiger partial charge in [-0.1, -0.05) is 36.4 Å². The molecule has 20 heavy (non-hydrogen) atoms. The first-order chi connectivity index (χ1) is 9.65. The van der Waals surface area contributed by atoms with E-state index < -0.39 is 0 Å². The van der Waals surface area contributed by atoms with Crippen LogP contribution in [0.5, 0.6) is 0 Å². The summed E-state index contributed by atoms with van der Waals surface area (Å²) < 4.78 is 14.3. The number of nitrogens with two attached hydrogens (primary N) is 1. The normalized spacial score (nSPS) is 15.2. The number of nitrogens with zero attached hydrogens (tertiary/aromatic N) is 1. The summed E-state index contributed by atoms with van der Waals surface area (Å²) in [5.74, 6) is -0.157. The van der Waals surface area contributed by atoms with Gasteiger partial charge >= 0.3 is 0 Å². The second-order valence-corrected chi connectivity index (χ2v) is 5.55. The zero-order chi connectivity index (χ0) is 14.1.